The van der Waals surface area contributed by atoms with Gasteiger partial charge in [0, 0.05) is 11.7 Å². The summed E-state index contributed by atoms with van der Waals surface area (Å²) in [6.07, 6.45) is 0. The molecule has 5 heteroatoms. The van der Waals surface area contributed by atoms with Crippen LogP contribution in [0.15, 0.2) is 36.4 Å². The smallest absolute Gasteiger partial charge is 0.165 e. The van der Waals surface area contributed by atoms with Crippen molar-refractivity contribution in [1.29, 1.82) is 5.26 Å². The molecule has 0 heterocycles. The highest BCUT2D eigenvalue weighted by Gasteiger charge is 2.10. The van der Waals surface area contributed by atoms with Gasteiger partial charge < -0.3 is 10.1 Å². The van der Waals surface area contributed by atoms with E-state index in [0.29, 0.717) is 10.6 Å². The van der Waals surface area contributed by atoms with Crippen molar-refractivity contribution in [2.75, 3.05) is 12.4 Å². The van der Waals surface area contributed by atoms with Crippen LogP contribution in [0.2, 0.25) is 5.02 Å². The van der Waals surface area contributed by atoms with Crippen LogP contribution >= 0.6 is 11.6 Å². The van der Waals surface area contributed by atoms with Gasteiger partial charge in [0.2, 0.25) is 0 Å². The molecular formula is C16H14ClFN2O. The van der Waals surface area contributed by atoms with Gasteiger partial charge in [-0.1, -0.05) is 17.7 Å². The lowest BCUT2D eigenvalue weighted by atomic mass is 10.1. The van der Waals surface area contributed by atoms with Gasteiger partial charge in [0.05, 0.1) is 17.7 Å². The molecule has 1 N–H and O–H groups in total. The van der Waals surface area contributed by atoms with Crippen molar-refractivity contribution in [2.45, 2.75) is 13.0 Å². The van der Waals surface area contributed by atoms with Crippen LogP contribution in [0.3, 0.4) is 0 Å². The summed E-state index contributed by atoms with van der Waals surface area (Å²) in [5.74, 6) is -0.186. The van der Waals surface area contributed by atoms with Crippen LogP contribution in [-0.4, -0.2) is 7.11 Å². The maximum Gasteiger partial charge on any atom is 0.165 e. The van der Waals surface area contributed by atoms with Crippen molar-refractivity contribution in [3.05, 3.63) is 58.4 Å². The number of benzene rings is 2. The van der Waals surface area contributed by atoms with Crippen molar-refractivity contribution < 1.29 is 9.13 Å². The molecule has 0 aliphatic heterocycles. The molecule has 0 bridgehead atoms. The number of hydrogen-bond donors (Lipinski definition) is 1. The van der Waals surface area contributed by atoms with Crippen LogP contribution in [0.5, 0.6) is 5.75 Å². The zero-order valence-electron chi connectivity index (χ0n) is 11.7. The fourth-order valence-electron chi connectivity index (χ4n) is 1.98. The summed E-state index contributed by atoms with van der Waals surface area (Å²) >= 11 is 5.98. The molecule has 0 fully saturated rings. The van der Waals surface area contributed by atoms with Crippen LogP contribution in [0.1, 0.15) is 24.1 Å². The normalized spacial score (nSPS) is 11.6. The average molecular weight is 305 g/mol. The summed E-state index contributed by atoms with van der Waals surface area (Å²) in [5, 5.41) is 12.4. The second-order valence-corrected chi connectivity index (χ2v) is 4.97. The first-order chi connectivity index (χ1) is 10.0. The van der Waals surface area contributed by atoms with E-state index in [2.05, 4.69) is 5.32 Å². The summed E-state index contributed by atoms with van der Waals surface area (Å²) in [6.45, 7) is 1.91. The minimum Gasteiger partial charge on any atom is -0.494 e. The second-order valence-electron chi connectivity index (χ2n) is 4.57. The average Bonchev–Trinajstić information content (AvgIpc) is 2.47. The number of hydrogen-bond acceptors (Lipinski definition) is 3. The van der Waals surface area contributed by atoms with Gasteiger partial charge in [-0.15, -0.1) is 0 Å². The Morgan fingerprint density at radius 2 is 2.05 bits per heavy atom. The SMILES string of the molecule is COc1ccc(C(C)Nc2ccc(C#N)c(Cl)c2)cc1F. The number of halogens is 2. The molecule has 2 rings (SSSR count). The van der Waals surface area contributed by atoms with Crippen LogP contribution < -0.4 is 10.1 Å². The number of nitrogens with one attached hydrogen (secondary N) is 1. The number of anilines is 1. The predicted octanol–water partition coefficient (Wildman–Crippen LogP) is 4.53. The predicted molar refractivity (Wildman–Crippen MR) is 81.2 cm³/mol. The Morgan fingerprint density at radius 1 is 1.29 bits per heavy atom. The van der Waals surface area contributed by atoms with E-state index in [4.69, 9.17) is 21.6 Å². The highest BCUT2D eigenvalue weighted by molar-refractivity contribution is 6.32. The highest BCUT2D eigenvalue weighted by Crippen LogP contribution is 2.26. The quantitative estimate of drug-likeness (QED) is 0.902. The third-order valence-electron chi connectivity index (χ3n) is 3.15. The zero-order valence-corrected chi connectivity index (χ0v) is 12.4. The van der Waals surface area contributed by atoms with Gasteiger partial charge in [-0.25, -0.2) is 4.39 Å². The summed E-state index contributed by atoms with van der Waals surface area (Å²) in [5.41, 5.74) is 1.97. The van der Waals surface area contributed by atoms with Crippen molar-refractivity contribution in [2.24, 2.45) is 0 Å². The Kier molecular flexibility index (Phi) is 4.66. The summed E-state index contributed by atoms with van der Waals surface area (Å²) in [7, 11) is 1.43. The molecule has 0 spiro atoms. The lowest BCUT2D eigenvalue weighted by molar-refractivity contribution is 0.386. The minimum atomic E-state index is -0.401. The zero-order chi connectivity index (χ0) is 15.4. The van der Waals surface area contributed by atoms with Gasteiger partial charge in [-0.3, -0.25) is 0 Å². The van der Waals surface area contributed by atoms with E-state index >= 15 is 0 Å². The molecule has 1 atom stereocenters. The number of ether oxygens (including phenoxy) is 1. The van der Waals surface area contributed by atoms with Gasteiger partial charge in [0.1, 0.15) is 6.07 Å². The molecule has 21 heavy (non-hydrogen) atoms. The summed E-state index contributed by atoms with van der Waals surface area (Å²) in [4.78, 5) is 0. The van der Waals surface area contributed by atoms with Crippen molar-refractivity contribution in [3.8, 4) is 11.8 Å². The lowest BCUT2D eigenvalue weighted by Gasteiger charge is -2.17. The van der Waals surface area contributed by atoms with Gasteiger partial charge in [0.15, 0.2) is 11.6 Å². The Bertz CT molecular complexity index is 697. The molecule has 0 saturated carbocycles. The number of nitrogens with zero attached hydrogens (tertiary/aromatic N) is 1. The molecule has 108 valence electrons. The minimum absolute atomic E-state index is 0.116. The van der Waals surface area contributed by atoms with Gasteiger partial charge in [0.25, 0.3) is 0 Å². The van der Waals surface area contributed by atoms with E-state index in [1.807, 2.05) is 13.0 Å². The van der Waals surface area contributed by atoms with Crippen molar-refractivity contribution in [1.82, 2.24) is 0 Å². The van der Waals surface area contributed by atoms with Crippen LogP contribution in [0.25, 0.3) is 0 Å². The lowest BCUT2D eigenvalue weighted by Crippen LogP contribution is -2.07. The van der Waals surface area contributed by atoms with Crippen LogP contribution in [0, 0.1) is 17.1 Å². The van der Waals surface area contributed by atoms with E-state index in [0.717, 1.165) is 11.3 Å². The first-order valence-corrected chi connectivity index (χ1v) is 6.72. The van der Waals surface area contributed by atoms with Crippen molar-refractivity contribution >= 4 is 17.3 Å². The van der Waals surface area contributed by atoms with E-state index in [-0.39, 0.29) is 11.8 Å². The molecule has 0 saturated heterocycles. The summed E-state index contributed by atoms with van der Waals surface area (Å²) < 4.78 is 18.6. The summed E-state index contributed by atoms with van der Waals surface area (Å²) in [6, 6.07) is 11.8. The maximum atomic E-state index is 13.7. The molecule has 0 radical (unpaired) electrons. The Morgan fingerprint density at radius 3 is 2.62 bits per heavy atom. The van der Waals surface area contributed by atoms with Gasteiger partial charge in [-0.2, -0.15) is 5.26 Å². The molecule has 2 aromatic carbocycles. The molecule has 1 unspecified atom stereocenters. The van der Waals surface area contributed by atoms with Gasteiger partial charge in [-0.05, 0) is 42.8 Å². The van der Waals surface area contributed by atoms with E-state index < -0.39 is 5.82 Å². The molecular weight excluding hydrogens is 291 g/mol. The van der Waals surface area contributed by atoms with E-state index in [9.17, 15) is 4.39 Å². The Hall–Kier alpha value is -2.25. The highest BCUT2D eigenvalue weighted by atomic mass is 35.5. The van der Waals surface area contributed by atoms with Crippen LogP contribution in [-0.2, 0) is 0 Å². The Balaban J connectivity index is 2.18. The standard InChI is InChI=1S/C16H14ClFN2O/c1-10(11-4-6-16(21-2)15(18)7-11)20-13-5-3-12(9-19)14(17)8-13/h3-8,10,20H,1-2H3. The molecule has 0 aliphatic rings. The third kappa shape index (κ3) is 3.45. The topological polar surface area (TPSA) is 45.0 Å². The maximum absolute atomic E-state index is 13.7. The number of methoxy groups -OCH3 is 1. The first-order valence-electron chi connectivity index (χ1n) is 6.34. The van der Waals surface area contributed by atoms with E-state index in [1.54, 1.807) is 30.3 Å². The molecule has 2 aromatic rings. The monoisotopic (exact) mass is 304 g/mol. The van der Waals surface area contributed by atoms with Crippen molar-refractivity contribution in [3.63, 3.8) is 0 Å². The third-order valence-corrected chi connectivity index (χ3v) is 3.46. The number of rotatable bonds is 4. The second kappa shape index (κ2) is 6.47. The molecule has 0 amide bonds. The largest absolute Gasteiger partial charge is 0.494 e. The fraction of sp³-hybridized carbons (Fsp3) is 0.188. The molecule has 3 nitrogen and oxygen atoms in total. The first kappa shape index (κ1) is 15.1. The van der Waals surface area contributed by atoms with E-state index in [1.165, 1.54) is 13.2 Å². The van der Waals surface area contributed by atoms with Crippen LogP contribution in [0.4, 0.5) is 10.1 Å². The molecule has 0 aromatic heterocycles. The number of nitriles is 1. The Labute approximate surface area is 127 Å². The van der Waals surface area contributed by atoms with Gasteiger partial charge >= 0.3 is 0 Å². The molecule has 0 aliphatic carbocycles. The fourth-order valence-corrected chi connectivity index (χ4v) is 2.20.